The number of aliphatic hydroxyl groups is 1. The van der Waals surface area contributed by atoms with Crippen molar-refractivity contribution in [2.24, 2.45) is 0 Å². The predicted octanol–water partition coefficient (Wildman–Crippen LogP) is 2.12. The Balaban J connectivity index is 2.89. The van der Waals surface area contributed by atoms with Crippen molar-refractivity contribution < 1.29 is 5.11 Å². The first-order valence-corrected chi connectivity index (χ1v) is 4.40. The van der Waals surface area contributed by atoms with E-state index in [0.29, 0.717) is 22.2 Å². The zero-order chi connectivity index (χ0) is 9.68. The second-order valence-electron chi connectivity index (χ2n) is 2.27. The summed E-state index contributed by atoms with van der Waals surface area (Å²) in [5.74, 6) is 5.50. The molecule has 1 aromatic heterocycles. The lowest BCUT2D eigenvalue weighted by molar-refractivity contribution is 0.305. The van der Waals surface area contributed by atoms with Crippen LogP contribution in [-0.4, -0.2) is 16.7 Å². The Bertz CT molecular complexity index is 354. The summed E-state index contributed by atoms with van der Waals surface area (Å²) in [4.78, 5) is 3.83. The maximum atomic E-state index is 8.49. The van der Waals surface area contributed by atoms with Gasteiger partial charge in [0.25, 0.3) is 0 Å². The summed E-state index contributed by atoms with van der Waals surface area (Å²) in [6.45, 7) is 0.0403. The number of nitrogens with zero attached hydrogens (tertiary/aromatic N) is 1. The van der Waals surface area contributed by atoms with E-state index < -0.39 is 0 Å². The third-order valence-electron chi connectivity index (χ3n) is 1.27. The van der Waals surface area contributed by atoms with E-state index in [-0.39, 0.29) is 6.61 Å². The van der Waals surface area contributed by atoms with Crippen LogP contribution in [0, 0.1) is 11.8 Å². The molecule has 0 fully saturated rings. The number of hydrogen-bond donors (Lipinski definition) is 1. The number of hydrogen-bond acceptors (Lipinski definition) is 2. The highest BCUT2D eigenvalue weighted by atomic mass is 35.5. The molecular weight excluding hydrogens is 209 g/mol. The fourth-order valence-electron chi connectivity index (χ4n) is 0.724. The number of rotatable bonds is 1. The molecular formula is C9H7Cl2NO. The van der Waals surface area contributed by atoms with Gasteiger partial charge in [0.15, 0.2) is 0 Å². The van der Waals surface area contributed by atoms with Crippen molar-refractivity contribution in [3.63, 3.8) is 0 Å². The summed E-state index contributed by atoms with van der Waals surface area (Å²) in [6.07, 6.45) is 1.88. The fourth-order valence-corrected chi connectivity index (χ4v) is 1.03. The maximum absolute atomic E-state index is 8.49. The SMILES string of the molecule is OCCC#Cc1cc(Cl)cnc1Cl. The molecule has 0 amide bonds. The average molecular weight is 216 g/mol. The third kappa shape index (κ3) is 3.23. The number of aromatic nitrogens is 1. The maximum Gasteiger partial charge on any atom is 0.144 e. The minimum Gasteiger partial charge on any atom is -0.395 e. The molecule has 0 aliphatic rings. The molecule has 13 heavy (non-hydrogen) atoms. The molecule has 0 aliphatic heterocycles. The normalized spacial score (nSPS) is 9.15. The van der Waals surface area contributed by atoms with E-state index in [1.807, 2.05) is 0 Å². The number of aliphatic hydroxyl groups excluding tert-OH is 1. The van der Waals surface area contributed by atoms with Crippen LogP contribution < -0.4 is 0 Å². The van der Waals surface area contributed by atoms with Gasteiger partial charge in [-0.2, -0.15) is 0 Å². The van der Waals surface area contributed by atoms with Crippen LogP contribution in [0.15, 0.2) is 12.3 Å². The van der Waals surface area contributed by atoms with E-state index in [2.05, 4.69) is 16.8 Å². The predicted molar refractivity (Wildman–Crippen MR) is 52.8 cm³/mol. The average Bonchev–Trinajstić information content (AvgIpc) is 2.11. The topological polar surface area (TPSA) is 33.1 Å². The van der Waals surface area contributed by atoms with Crippen molar-refractivity contribution >= 4 is 23.2 Å². The Kier molecular flexibility index (Phi) is 4.04. The minimum atomic E-state index is 0.0403. The molecule has 0 atom stereocenters. The molecule has 2 nitrogen and oxygen atoms in total. The second-order valence-corrected chi connectivity index (χ2v) is 3.06. The van der Waals surface area contributed by atoms with Crippen LogP contribution >= 0.6 is 23.2 Å². The zero-order valence-electron chi connectivity index (χ0n) is 6.72. The van der Waals surface area contributed by atoms with Gasteiger partial charge in [0.1, 0.15) is 5.15 Å². The molecule has 1 N–H and O–H groups in total. The van der Waals surface area contributed by atoms with Gasteiger partial charge in [-0.3, -0.25) is 0 Å². The molecule has 68 valence electrons. The van der Waals surface area contributed by atoms with Crippen molar-refractivity contribution in [1.29, 1.82) is 0 Å². The fraction of sp³-hybridized carbons (Fsp3) is 0.222. The van der Waals surface area contributed by atoms with Crippen molar-refractivity contribution in [1.82, 2.24) is 4.98 Å². The molecule has 0 saturated carbocycles. The molecule has 0 aliphatic carbocycles. The standard InChI is InChI=1S/C9H7Cl2NO/c10-8-5-7(3-1-2-4-13)9(11)12-6-8/h5-6,13H,2,4H2. The molecule has 1 aromatic rings. The Morgan fingerprint density at radius 3 is 2.92 bits per heavy atom. The number of pyridine rings is 1. The Morgan fingerprint density at radius 2 is 2.23 bits per heavy atom. The van der Waals surface area contributed by atoms with Crippen LogP contribution in [0.5, 0.6) is 0 Å². The van der Waals surface area contributed by atoms with Crippen LogP contribution in [0.25, 0.3) is 0 Å². The summed E-state index contributed by atoms with van der Waals surface area (Å²) in [7, 11) is 0. The van der Waals surface area contributed by atoms with Gasteiger partial charge in [0.05, 0.1) is 17.2 Å². The molecule has 0 radical (unpaired) electrons. The Labute approximate surface area is 86.5 Å². The highest BCUT2D eigenvalue weighted by Crippen LogP contribution is 2.16. The van der Waals surface area contributed by atoms with E-state index in [4.69, 9.17) is 28.3 Å². The van der Waals surface area contributed by atoms with Gasteiger partial charge in [-0.05, 0) is 6.07 Å². The minimum absolute atomic E-state index is 0.0403. The summed E-state index contributed by atoms with van der Waals surface area (Å²) in [5, 5.41) is 9.32. The molecule has 4 heteroatoms. The Hall–Kier alpha value is -0.750. The van der Waals surface area contributed by atoms with Gasteiger partial charge in [-0.1, -0.05) is 35.0 Å². The summed E-state index contributed by atoms with van der Waals surface area (Å²) < 4.78 is 0. The van der Waals surface area contributed by atoms with Gasteiger partial charge >= 0.3 is 0 Å². The van der Waals surface area contributed by atoms with E-state index in [1.54, 1.807) is 6.07 Å². The van der Waals surface area contributed by atoms with Crippen LogP contribution in [0.4, 0.5) is 0 Å². The molecule has 1 rings (SSSR count). The summed E-state index contributed by atoms with van der Waals surface area (Å²) in [6, 6.07) is 1.64. The molecule has 1 heterocycles. The largest absolute Gasteiger partial charge is 0.395 e. The van der Waals surface area contributed by atoms with E-state index in [1.165, 1.54) is 6.20 Å². The van der Waals surface area contributed by atoms with Crippen LogP contribution in [0.1, 0.15) is 12.0 Å². The molecule has 0 unspecified atom stereocenters. The summed E-state index contributed by atoms with van der Waals surface area (Å²) >= 11 is 11.4. The van der Waals surface area contributed by atoms with Gasteiger partial charge in [0.2, 0.25) is 0 Å². The van der Waals surface area contributed by atoms with Crippen LogP contribution in [0.3, 0.4) is 0 Å². The molecule has 0 aromatic carbocycles. The van der Waals surface area contributed by atoms with E-state index in [0.717, 1.165) is 0 Å². The van der Waals surface area contributed by atoms with Crippen molar-refractivity contribution in [2.75, 3.05) is 6.61 Å². The monoisotopic (exact) mass is 215 g/mol. The second kappa shape index (κ2) is 5.08. The first-order valence-electron chi connectivity index (χ1n) is 3.65. The van der Waals surface area contributed by atoms with Gasteiger partial charge in [-0.15, -0.1) is 0 Å². The Morgan fingerprint density at radius 1 is 1.46 bits per heavy atom. The highest BCUT2D eigenvalue weighted by molar-refractivity contribution is 6.32. The van der Waals surface area contributed by atoms with Crippen molar-refractivity contribution in [2.45, 2.75) is 6.42 Å². The number of halogens is 2. The van der Waals surface area contributed by atoms with Gasteiger partial charge in [-0.25, -0.2) is 4.98 Å². The smallest absolute Gasteiger partial charge is 0.144 e. The van der Waals surface area contributed by atoms with E-state index in [9.17, 15) is 0 Å². The van der Waals surface area contributed by atoms with Crippen LogP contribution in [-0.2, 0) is 0 Å². The zero-order valence-corrected chi connectivity index (χ0v) is 8.23. The lowest BCUT2D eigenvalue weighted by atomic mass is 10.3. The third-order valence-corrected chi connectivity index (χ3v) is 1.77. The first-order chi connectivity index (χ1) is 6.24. The lowest BCUT2D eigenvalue weighted by Gasteiger charge is -1.94. The van der Waals surface area contributed by atoms with Gasteiger partial charge in [0, 0.05) is 12.6 Å². The van der Waals surface area contributed by atoms with Crippen molar-refractivity contribution in [3.8, 4) is 11.8 Å². The van der Waals surface area contributed by atoms with Crippen molar-refractivity contribution in [3.05, 3.63) is 28.0 Å². The first kappa shape index (κ1) is 10.3. The lowest BCUT2D eigenvalue weighted by Crippen LogP contribution is -1.83. The van der Waals surface area contributed by atoms with Gasteiger partial charge < -0.3 is 5.11 Å². The molecule has 0 saturated heterocycles. The molecule has 0 bridgehead atoms. The quantitative estimate of drug-likeness (QED) is 0.576. The molecule has 0 spiro atoms. The highest BCUT2D eigenvalue weighted by Gasteiger charge is 1.98. The van der Waals surface area contributed by atoms with Crippen LogP contribution in [0.2, 0.25) is 10.2 Å². The summed E-state index contributed by atoms with van der Waals surface area (Å²) in [5.41, 5.74) is 0.586. The van der Waals surface area contributed by atoms with E-state index >= 15 is 0 Å².